The molecule has 0 fully saturated rings. The lowest BCUT2D eigenvalue weighted by Gasteiger charge is -2.19. The molecule has 3 amide bonds. The minimum atomic E-state index is -0.657. The minimum absolute atomic E-state index is 0.109. The summed E-state index contributed by atoms with van der Waals surface area (Å²) in [6.45, 7) is 2.10. The van der Waals surface area contributed by atoms with E-state index in [1.165, 1.54) is 11.3 Å². The second-order valence-electron chi connectivity index (χ2n) is 5.68. The Morgan fingerprint density at radius 3 is 2.76 bits per heavy atom. The van der Waals surface area contributed by atoms with Crippen molar-refractivity contribution in [2.24, 2.45) is 5.73 Å². The molecule has 0 radical (unpaired) electrons. The molecule has 0 spiro atoms. The summed E-state index contributed by atoms with van der Waals surface area (Å²) in [6, 6.07) is 7.98. The molecule has 25 heavy (non-hydrogen) atoms. The zero-order valence-corrected chi connectivity index (χ0v) is 14.5. The van der Waals surface area contributed by atoms with Crippen molar-refractivity contribution in [3.05, 3.63) is 46.2 Å². The number of urea groups is 1. The van der Waals surface area contributed by atoms with Gasteiger partial charge in [0.1, 0.15) is 0 Å². The van der Waals surface area contributed by atoms with Crippen LogP contribution >= 0.6 is 11.3 Å². The number of hydrogen-bond acceptors (Lipinski definition) is 5. The molecule has 8 heteroatoms. The molecule has 1 aliphatic rings. The summed E-state index contributed by atoms with van der Waals surface area (Å²) in [7, 11) is 0. The van der Waals surface area contributed by atoms with Crippen molar-refractivity contribution in [1.29, 1.82) is 0 Å². The Balaban J connectivity index is 1.63. The Labute approximate surface area is 149 Å². The van der Waals surface area contributed by atoms with Gasteiger partial charge in [-0.2, -0.15) is 0 Å². The number of amides is 3. The average molecular weight is 361 g/mol. The Morgan fingerprint density at radius 2 is 2.04 bits per heavy atom. The molecule has 4 N–H and O–H groups in total. The molecule has 3 rings (SSSR count). The van der Waals surface area contributed by atoms with E-state index < -0.39 is 12.1 Å². The van der Waals surface area contributed by atoms with Crippen molar-refractivity contribution in [2.75, 3.05) is 6.79 Å². The fraction of sp³-hybridized carbons (Fsp3) is 0.294. The maximum absolute atomic E-state index is 12.4. The van der Waals surface area contributed by atoms with Gasteiger partial charge in [-0.3, -0.25) is 4.79 Å². The summed E-state index contributed by atoms with van der Waals surface area (Å²) in [4.78, 5) is 24.5. The van der Waals surface area contributed by atoms with Crippen LogP contribution in [0.4, 0.5) is 4.79 Å². The number of nitrogens with two attached hydrogens (primary N) is 1. The first-order chi connectivity index (χ1) is 12.0. The fourth-order valence-electron chi connectivity index (χ4n) is 2.64. The molecule has 1 aromatic heterocycles. The molecular formula is C17H19N3O4S. The monoisotopic (exact) mass is 361 g/mol. The zero-order valence-electron chi connectivity index (χ0n) is 13.7. The summed E-state index contributed by atoms with van der Waals surface area (Å²) in [5.41, 5.74) is 6.13. The molecule has 2 heterocycles. The van der Waals surface area contributed by atoms with Gasteiger partial charge in [0.2, 0.25) is 12.7 Å². The molecule has 2 unspecified atom stereocenters. The van der Waals surface area contributed by atoms with E-state index in [9.17, 15) is 9.59 Å². The fourth-order valence-corrected chi connectivity index (χ4v) is 3.41. The third-order valence-electron chi connectivity index (χ3n) is 3.87. The second-order valence-corrected chi connectivity index (χ2v) is 6.66. The van der Waals surface area contributed by atoms with Gasteiger partial charge >= 0.3 is 6.03 Å². The molecular weight excluding hydrogens is 342 g/mol. The maximum Gasteiger partial charge on any atom is 0.312 e. The van der Waals surface area contributed by atoms with Crippen LogP contribution in [0, 0.1) is 0 Å². The van der Waals surface area contributed by atoms with E-state index in [0.717, 1.165) is 10.4 Å². The molecule has 0 saturated carbocycles. The van der Waals surface area contributed by atoms with Crippen LogP contribution in [0.5, 0.6) is 11.5 Å². The number of fused-ring (bicyclic) bond motifs is 1. The topological polar surface area (TPSA) is 103 Å². The molecule has 0 aliphatic carbocycles. The standard InChI is InChI=1S/C17H19N3O4S/c1-10(11-4-5-13-14(7-11)24-9-23-13)19-16(21)8-12(20-17(18)22)15-3-2-6-25-15/h2-7,10,12H,8-9H2,1H3,(H,19,21)(H3,18,20,22). The van der Waals surface area contributed by atoms with Gasteiger partial charge < -0.3 is 25.8 Å². The zero-order chi connectivity index (χ0) is 17.8. The van der Waals surface area contributed by atoms with Crippen molar-refractivity contribution >= 4 is 23.3 Å². The van der Waals surface area contributed by atoms with Gasteiger partial charge in [-0.1, -0.05) is 12.1 Å². The van der Waals surface area contributed by atoms with Crippen LogP contribution < -0.4 is 25.8 Å². The van der Waals surface area contributed by atoms with E-state index in [4.69, 9.17) is 15.2 Å². The second kappa shape index (κ2) is 7.43. The molecule has 7 nitrogen and oxygen atoms in total. The number of benzene rings is 1. The molecule has 1 aromatic carbocycles. The predicted molar refractivity (Wildman–Crippen MR) is 93.5 cm³/mol. The lowest BCUT2D eigenvalue weighted by Crippen LogP contribution is -2.36. The van der Waals surface area contributed by atoms with Gasteiger partial charge in [0, 0.05) is 4.88 Å². The Morgan fingerprint density at radius 1 is 1.24 bits per heavy atom. The molecule has 0 saturated heterocycles. The third kappa shape index (κ3) is 4.21. The van der Waals surface area contributed by atoms with Crippen LogP contribution in [-0.2, 0) is 4.79 Å². The first-order valence-electron chi connectivity index (χ1n) is 7.81. The maximum atomic E-state index is 12.4. The van der Waals surface area contributed by atoms with Crippen LogP contribution in [0.15, 0.2) is 35.7 Å². The average Bonchev–Trinajstić information content (AvgIpc) is 3.24. The Hall–Kier alpha value is -2.74. The first-order valence-corrected chi connectivity index (χ1v) is 8.69. The van der Waals surface area contributed by atoms with Crippen molar-refractivity contribution < 1.29 is 19.1 Å². The van der Waals surface area contributed by atoms with Crippen LogP contribution in [0.1, 0.15) is 35.9 Å². The van der Waals surface area contributed by atoms with Crippen molar-refractivity contribution in [1.82, 2.24) is 10.6 Å². The molecule has 1 aliphatic heterocycles. The highest BCUT2D eigenvalue weighted by molar-refractivity contribution is 7.10. The molecule has 2 atom stereocenters. The highest BCUT2D eigenvalue weighted by Gasteiger charge is 2.21. The Kier molecular flexibility index (Phi) is 5.08. The number of nitrogens with one attached hydrogen (secondary N) is 2. The summed E-state index contributed by atoms with van der Waals surface area (Å²) >= 11 is 1.46. The van der Waals surface area contributed by atoms with Gasteiger partial charge in [-0.25, -0.2) is 4.79 Å². The van der Waals surface area contributed by atoms with Crippen molar-refractivity contribution in [2.45, 2.75) is 25.4 Å². The van der Waals surface area contributed by atoms with Gasteiger partial charge in [0.05, 0.1) is 18.5 Å². The summed E-state index contributed by atoms with van der Waals surface area (Å²) in [5, 5.41) is 7.43. The number of primary amides is 1. The third-order valence-corrected chi connectivity index (χ3v) is 4.85. The van der Waals surface area contributed by atoms with E-state index in [-0.39, 0.29) is 25.2 Å². The number of thiophene rings is 1. The molecule has 2 aromatic rings. The number of rotatable bonds is 6. The highest BCUT2D eigenvalue weighted by Crippen LogP contribution is 2.34. The van der Waals surface area contributed by atoms with Crippen LogP contribution in [-0.4, -0.2) is 18.7 Å². The van der Waals surface area contributed by atoms with Gasteiger partial charge in [-0.15, -0.1) is 11.3 Å². The van der Waals surface area contributed by atoms with E-state index >= 15 is 0 Å². The molecule has 0 bridgehead atoms. The highest BCUT2D eigenvalue weighted by atomic mass is 32.1. The summed E-state index contributed by atoms with van der Waals surface area (Å²) in [6.07, 6.45) is 0.109. The van der Waals surface area contributed by atoms with Gasteiger partial charge in [0.25, 0.3) is 0 Å². The lowest BCUT2D eigenvalue weighted by molar-refractivity contribution is -0.122. The van der Waals surface area contributed by atoms with E-state index in [0.29, 0.717) is 11.5 Å². The minimum Gasteiger partial charge on any atom is -0.454 e. The van der Waals surface area contributed by atoms with Crippen LogP contribution in [0.2, 0.25) is 0 Å². The van der Waals surface area contributed by atoms with E-state index in [2.05, 4.69) is 10.6 Å². The van der Waals surface area contributed by atoms with Gasteiger partial charge in [0.15, 0.2) is 11.5 Å². The number of ether oxygens (including phenoxy) is 2. The van der Waals surface area contributed by atoms with E-state index in [1.54, 1.807) is 0 Å². The molecule has 132 valence electrons. The quantitative estimate of drug-likeness (QED) is 0.735. The largest absolute Gasteiger partial charge is 0.454 e. The number of hydrogen-bond donors (Lipinski definition) is 3. The number of carbonyl (C=O) groups is 2. The normalized spacial score (nSPS) is 14.6. The SMILES string of the molecule is CC(NC(=O)CC(NC(N)=O)c1cccs1)c1ccc2c(c1)OCO2. The van der Waals surface area contributed by atoms with E-state index in [1.807, 2.05) is 42.6 Å². The van der Waals surface area contributed by atoms with Crippen molar-refractivity contribution in [3.8, 4) is 11.5 Å². The van der Waals surface area contributed by atoms with Crippen LogP contribution in [0.3, 0.4) is 0 Å². The first kappa shape index (κ1) is 17.1. The van der Waals surface area contributed by atoms with Crippen molar-refractivity contribution in [3.63, 3.8) is 0 Å². The smallest absolute Gasteiger partial charge is 0.312 e. The Bertz CT molecular complexity index is 763. The number of carbonyl (C=O) groups excluding carboxylic acids is 2. The van der Waals surface area contributed by atoms with Gasteiger partial charge in [-0.05, 0) is 36.1 Å². The predicted octanol–water partition coefficient (Wildman–Crippen LogP) is 2.45. The van der Waals surface area contributed by atoms with Crippen LogP contribution in [0.25, 0.3) is 0 Å². The summed E-state index contributed by atoms with van der Waals surface area (Å²) in [5.74, 6) is 1.19. The lowest BCUT2D eigenvalue weighted by atomic mass is 10.1. The summed E-state index contributed by atoms with van der Waals surface area (Å²) < 4.78 is 10.6.